The third-order valence-corrected chi connectivity index (χ3v) is 3.65. The molecule has 0 radical (unpaired) electrons. The lowest BCUT2D eigenvalue weighted by molar-refractivity contribution is 0.00578. The molecule has 0 aliphatic carbocycles. The monoisotopic (exact) mass is 200 g/mol. The molecule has 0 bridgehead atoms. The molecule has 82 valence electrons. The zero-order valence-corrected chi connectivity index (χ0v) is 9.66. The van der Waals surface area contributed by atoms with Gasteiger partial charge in [-0.3, -0.25) is 0 Å². The summed E-state index contributed by atoms with van der Waals surface area (Å²) in [5.41, 5.74) is -0.628. The molecule has 2 heterocycles. The SMILES string of the molecule is CN1CCO[B-]12OC(C)(C)C(C)(C)O2. The van der Waals surface area contributed by atoms with Gasteiger partial charge in [-0.15, -0.1) is 0 Å². The summed E-state index contributed by atoms with van der Waals surface area (Å²) in [5.74, 6) is 0. The lowest BCUT2D eigenvalue weighted by atomic mass is 9.90. The number of rotatable bonds is 0. The van der Waals surface area contributed by atoms with E-state index in [1.165, 1.54) is 0 Å². The molecule has 2 fully saturated rings. The highest BCUT2D eigenvalue weighted by Gasteiger charge is 2.56. The summed E-state index contributed by atoms with van der Waals surface area (Å²) in [4.78, 5) is 2.02. The third-order valence-electron chi connectivity index (χ3n) is 3.65. The summed E-state index contributed by atoms with van der Waals surface area (Å²) in [6.45, 7) is 8.06. The normalized spacial score (nSPS) is 34.1. The first-order chi connectivity index (χ1) is 6.29. The van der Waals surface area contributed by atoms with Gasteiger partial charge in [-0.2, -0.15) is 0 Å². The van der Waals surface area contributed by atoms with Crippen LogP contribution >= 0.6 is 0 Å². The highest BCUT2D eigenvalue weighted by Crippen LogP contribution is 2.43. The molecule has 5 heteroatoms. The minimum Gasteiger partial charge on any atom is -0.529 e. The molecule has 0 atom stereocenters. The Bertz CT molecular complexity index is 238. The van der Waals surface area contributed by atoms with Crippen LogP contribution < -0.4 is 0 Å². The van der Waals surface area contributed by atoms with Crippen molar-refractivity contribution in [1.29, 1.82) is 0 Å². The van der Waals surface area contributed by atoms with E-state index >= 15 is 0 Å². The molecular formula is C9H19BNO3-. The van der Waals surface area contributed by atoms with Crippen LogP contribution in [0.2, 0.25) is 0 Å². The molecule has 2 aliphatic rings. The van der Waals surface area contributed by atoms with Gasteiger partial charge >= 0.3 is 6.89 Å². The fraction of sp³-hybridized carbons (Fsp3) is 1.00. The van der Waals surface area contributed by atoms with Crippen LogP contribution in [0.5, 0.6) is 0 Å². The van der Waals surface area contributed by atoms with E-state index in [9.17, 15) is 0 Å². The van der Waals surface area contributed by atoms with Crippen molar-refractivity contribution >= 4 is 6.89 Å². The second-order valence-electron chi connectivity index (χ2n) is 5.21. The first kappa shape index (κ1) is 10.4. The molecule has 2 rings (SSSR count). The van der Waals surface area contributed by atoms with Crippen molar-refractivity contribution in [1.82, 2.24) is 4.81 Å². The minimum atomic E-state index is -1.65. The van der Waals surface area contributed by atoms with Crippen LogP contribution in [0.3, 0.4) is 0 Å². The van der Waals surface area contributed by atoms with Crippen LogP contribution in [0.4, 0.5) is 0 Å². The van der Waals surface area contributed by atoms with Crippen LogP contribution in [-0.2, 0) is 14.0 Å². The standard InChI is InChI=1S/C9H19BNO3/c1-8(2)9(3,4)14-10(13-8)11(5)6-7-12-10/h6-7H2,1-5H3/q-1. The molecule has 0 unspecified atom stereocenters. The van der Waals surface area contributed by atoms with Crippen LogP contribution in [-0.4, -0.2) is 43.1 Å². The fourth-order valence-electron chi connectivity index (χ4n) is 1.93. The van der Waals surface area contributed by atoms with Crippen molar-refractivity contribution in [3.8, 4) is 0 Å². The van der Waals surface area contributed by atoms with Gasteiger partial charge in [0.1, 0.15) is 0 Å². The summed E-state index contributed by atoms with van der Waals surface area (Å²) in [6, 6.07) is 0. The Hall–Kier alpha value is -0.0951. The number of nitrogens with zero attached hydrogens (tertiary/aromatic N) is 1. The Balaban J connectivity index is 2.28. The zero-order chi connectivity index (χ0) is 10.6. The molecule has 0 aromatic heterocycles. The molecule has 0 saturated carbocycles. The van der Waals surface area contributed by atoms with Gasteiger partial charge in [-0.05, 0) is 41.3 Å². The maximum absolute atomic E-state index is 5.97. The average Bonchev–Trinajstić information content (AvgIpc) is 2.37. The van der Waals surface area contributed by atoms with Gasteiger partial charge in [0.05, 0.1) is 0 Å². The van der Waals surface area contributed by atoms with E-state index < -0.39 is 6.89 Å². The summed E-state index contributed by atoms with van der Waals surface area (Å²) in [6.07, 6.45) is 0. The van der Waals surface area contributed by atoms with Gasteiger partial charge in [-0.1, -0.05) is 0 Å². The molecule has 0 aromatic rings. The van der Waals surface area contributed by atoms with Crippen LogP contribution in [0, 0.1) is 0 Å². The van der Waals surface area contributed by atoms with Crippen molar-refractivity contribution in [3.05, 3.63) is 0 Å². The predicted octanol–water partition coefficient (Wildman–Crippen LogP) is 0.988. The van der Waals surface area contributed by atoms with E-state index in [1.54, 1.807) is 0 Å². The second kappa shape index (κ2) is 2.73. The highest BCUT2D eigenvalue weighted by molar-refractivity contribution is 6.59. The predicted molar refractivity (Wildman–Crippen MR) is 54.7 cm³/mol. The summed E-state index contributed by atoms with van der Waals surface area (Å²) in [5, 5.41) is 0. The molecule has 2 saturated heterocycles. The molecule has 1 spiro atoms. The first-order valence-electron chi connectivity index (χ1n) is 5.18. The number of likely N-dealkylation sites (N-methyl/N-ethyl adjacent to an activating group) is 1. The first-order valence-corrected chi connectivity index (χ1v) is 5.18. The van der Waals surface area contributed by atoms with Crippen molar-refractivity contribution in [2.45, 2.75) is 38.9 Å². The number of hydrogen-bond donors (Lipinski definition) is 0. The van der Waals surface area contributed by atoms with E-state index in [-0.39, 0.29) is 11.2 Å². The molecule has 0 amide bonds. The average molecular weight is 200 g/mol. The maximum Gasteiger partial charge on any atom is 0.464 e. The van der Waals surface area contributed by atoms with Gasteiger partial charge in [0.25, 0.3) is 0 Å². The summed E-state index contributed by atoms with van der Waals surface area (Å²) in [7, 11) is 1.98. The van der Waals surface area contributed by atoms with Gasteiger partial charge < -0.3 is 18.8 Å². The Morgan fingerprint density at radius 1 is 1.07 bits per heavy atom. The lowest BCUT2D eigenvalue weighted by Gasteiger charge is -2.37. The van der Waals surface area contributed by atoms with E-state index in [1.807, 2.05) is 39.6 Å². The highest BCUT2D eigenvalue weighted by atomic mass is 16.8. The third kappa shape index (κ3) is 1.23. The van der Waals surface area contributed by atoms with Crippen molar-refractivity contribution in [2.24, 2.45) is 0 Å². The van der Waals surface area contributed by atoms with E-state index in [0.29, 0.717) is 6.61 Å². The molecule has 4 nitrogen and oxygen atoms in total. The fourth-order valence-corrected chi connectivity index (χ4v) is 1.93. The van der Waals surface area contributed by atoms with Crippen LogP contribution in [0.25, 0.3) is 0 Å². The quantitative estimate of drug-likeness (QED) is 0.545. The van der Waals surface area contributed by atoms with Gasteiger partial charge in [0.2, 0.25) is 0 Å². The van der Waals surface area contributed by atoms with E-state index in [0.717, 1.165) is 6.54 Å². The summed E-state index contributed by atoms with van der Waals surface area (Å²) >= 11 is 0. The molecule has 0 N–H and O–H groups in total. The van der Waals surface area contributed by atoms with Gasteiger partial charge in [0.15, 0.2) is 0 Å². The van der Waals surface area contributed by atoms with Crippen molar-refractivity contribution in [3.63, 3.8) is 0 Å². The van der Waals surface area contributed by atoms with Crippen LogP contribution in [0.15, 0.2) is 0 Å². The Morgan fingerprint density at radius 2 is 1.57 bits per heavy atom. The van der Waals surface area contributed by atoms with Crippen LogP contribution in [0.1, 0.15) is 27.7 Å². The smallest absolute Gasteiger partial charge is 0.464 e. The second-order valence-corrected chi connectivity index (χ2v) is 5.21. The van der Waals surface area contributed by atoms with Crippen molar-refractivity contribution in [2.75, 3.05) is 20.2 Å². The van der Waals surface area contributed by atoms with Gasteiger partial charge in [0, 0.05) is 17.8 Å². The Kier molecular flexibility index (Phi) is 2.03. The Labute approximate surface area is 85.5 Å². The number of hydrogen-bond acceptors (Lipinski definition) is 4. The zero-order valence-electron chi connectivity index (χ0n) is 9.66. The summed E-state index contributed by atoms with van der Waals surface area (Å²) < 4.78 is 17.6. The Morgan fingerprint density at radius 3 is 1.93 bits per heavy atom. The minimum absolute atomic E-state index is 0.314. The van der Waals surface area contributed by atoms with E-state index in [4.69, 9.17) is 14.0 Å². The van der Waals surface area contributed by atoms with Gasteiger partial charge in [-0.25, -0.2) is 0 Å². The van der Waals surface area contributed by atoms with Crippen molar-refractivity contribution < 1.29 is 14.0 Å². The lowest BCUT2D eigenvalue weighted by Crippen LogP contribution is -2.52. The van der Waals surface area contributed by atoms with E-state index in [2.05, 4.69) is 0 Å². The topological polar surface area (TPSA) is 30.9 Å². The molecular weight excluding hydrogens is 181 g/mol. The molecule has 2 aliphatic heterocycles. The molecule has 14 heavy (non-hydrogen) atoms. The molecule has 0 aromatic carbocycles. The largest absolute Gasteiger partial charge is 0.529 e. The maximum atomic E-state index is 5.97.